The van der Waals surface area contributed by atoms with E-state index in [1.165, 1.54) is 35.6 Å². The van der Waals surface area contributed by atoms with Gasteiger partial charge in [0.1, 0.15) is 11.9 Å². The molecule has 2 N–H and O–H groups in total. The molecule has 10 heteroatoms. The molecule has 1 aliphatic rings. The Morgan fingerprint density at radius 1 is 1.12 bits per heavy atom. The summed E-state index contributed by atoms with van der Waals surface area (Å²) in [4.78, 5) is 27.7. The Morgan fingerprint density at radius 2 is 1.91 bits per heavy atom. The SMILES string of the molecule is Cc1ccc(NC(=O)[C@@H]2CCCN2C(=O)c2cccs2)cc1S(=O)(=O)Nc1ccccc1F. The van der Waals surface area contributed by atoms with E-state index < -0.39 is 21.9 Å². The number of sulfonamides is 1. The van der Waals surface area contributed by atoms with Crippen LogP contribution in [0.5, 0.6) is 0 Å². The molecular formula is C23H22FN3O4S2. The molecule has 33 heavy (non-hydrogen) atoms. The van der Waals surface area contributed by atoms with Crippen LogP contribution < -0.4 is 10.0 Å². The first-order valence-corrected chi connectivity index (χ1v) is 12.7. The maximum atomic E-state index is 13.9. The number of nitrogens with one attached hydrogen (secondary N) is 2. The average Bonchev–Trinajstić information content (AvgIpc) is 3.48. The second-order valence-electron chi connectivity index (χ2n) is 7.69. The Hall–Kier alpha value is -3.24. The van der Waals surface area contributed by atoms with E-state index >= 15 is 0 Å². The van der Waals surface area contributed by atoms with Gasteiger partial charge < -0.3 is 10.2 Å². The number of para-hydroxylation sites is 1. The van der Waals surface area contributed by atoms with Gasteiger partial charge in [0.2, 0.25) is 5.91 Å². The lowest BCUT2D eigenvalue weighted by Gasteiger charge is -2.23. The van der Waals surface area contributed by atoms with Gasteiger partial charge in [0.05, 0.1) is 15.5 Å². The highest BCUT2D eigenvalue weighted by atomic mass is 32.2. The molecule has 3 aromatic rings. The van der Waals surface area contributed by atoms with E-state index in [-0.39, 0.29) is 28.1 Å². The molecule has 1 atom stereocenters. The summed E-state index contributed by atoms with van der Waals surface area (Å²) in [7, 11) is -4.10. The Bertz CT molecular complexity index is 1290. The number of carbonyl (C=O) groups is 2. The summed E-state index contributed by atoms with van der Waals surface area (Å²) in [5.41, 5.74) is 0.544. The summed E-state index contributed by atoms with van der Waals surface area (Å²) in [6, 6.07) is 12.8. The number of hydrogen-bond donors (Lipinski definition) is 2. The van der Waals surface area contributed by atoms with Crippen molar-refractivity contribution in [1.82, 2.24) is 4.90 Å². The molecule has 4 rings (SSSR count). The molecule has 0 unspecified atom stereocenters. The van der Waals surface area contributed by atoms with Crippen LogP contribution in [0.4, 0.5) is 15.8 Å². The molecule has 1 aliphatic heterocycles. The largest absolute Gasteiger partial charge is 0.326 e. The van der Waals surface area contributed by atoms with Crippen molar-refractivity contribution in [2.24, 2.45) is 0 Å². The van der Waals surface area contributed by atoms with Crippen molar-refractivity contribution in [3.8, 4) is 0 Å². The molecule has 7 nitrogen and oxygen atoms in total. The summed E-state index contributed by atoms with van der Waals surface area (Å²) in [5.74, 6) is -1.27. The Balaban J connectivity index is 1.53. The van der Waals surface area contributed by atoms with Gasteiger partial charge in [-0.3, -0.25) is 14.3 Å². The molecule has 0 spiro atoms. The number of benzene rings is 2. The van der Waals surface area contributed by atoms with E-state index in [0.29, 0.717) is 29.8 Å². The predicted molar refractivity (Wildman–Crippen MR) is 125 cm³/mol. The molecular weight excluding hydrogens is 465 g/mol. The van der Waals surface area contributed by atoms with Crippen molar-refractivity contribution < 1.29 is 22.4 Å². The lowest BCUT2D eigenvalue weighted by molar-refractivity contribution is -0.119. The highest BCUT2D eigenvalue weighted by Gasteiger charge is 2.35. The van der Waals surface area contributed by atoms with Crippen molar-refractivity contribution in [2.45, 2.75) is 30.7 Å². The third kappa shape index (κ3) is 4.91. The zero-order chi connectivity index (χ0) is 23.6. The Labute approximate surface area is 195 Å². The average molecular weight is 488 g/mol. The van der Waals surface area contributed by atoms with Gasteiger partial charge in [0, 0.05) is 12.2 Å². The minimum atomic E-state index is -4.10. The smallest absolute Gasteiger partial charge is 0.264 e. The third-order valence-corrected chi connectivity index (χ3v) is 7.78. The molecule has 2 aromatic carbocycles. The summed E-state index contributed by atoms with van der Waals surface area (Å²) in [6.07, 6.45) is 1.23. The number of amides is 2. The molecule has 1 saturated heterocycles. The fraction of sp³-hybridized carbons (Fsp3) is 0.217. The normalized spacial score (nSPS) is 15.9. The standard InChI is InChI=1S/C23H22FN3O4S2/c1-15-10-11-16(14-21(15)33(30,31)26-18-7-3-2-6-17(18)24)25-22(28)19-8-4-12-27(19)23(29)20-9-5-13-32-20/h2-3,5-7,9-11,13-14,19,26H,4,8,12H2,1H3,(H,25,28)/t19-/m0/s1. The number of anilines is 2. The molecule has 2 amide bonds. The van der Waals surface area contributed by atoms with Gasteiger partial charge in [-0.25, -0.2) is 12.8 Å². The fourth-order valence-corrected chi connectivity index (χ4v) is 5.78. The maximum Gasteiger partial charge on any atom is 0.264 e. The molecule has 1 aromatic heterocycles. The summed E-state index contributed by atoms with van der Waals surface area (Å²) < 4.78 is 42.0. The van der Waals surface area contributed by atoms with Crippen LogP contribution in [0.3, 0.4) is 0 Å². The van der Waals surface area contributed by atoms with Crippen molar-refractivity contribution >= 4 is 44.5 Å². The van der Waals surface area contributed by atoms with E-state index in [1.807, 2.05) is 5.38 Å². The van der Waals surface area contributed by atoms with Gasteiger partial charge >= 0.3 is 0 Å². The van der Waals surface area contributed by atoms with Crippen LogP contribution in [0.2, 0.25) is 0 Å². The molecule has 1 fully saturated rings. The first-order chi connectivity index (χ1) is 15.8. The van der Waals surface area contributed by atoms with Gasteiger partial charge in [0.25, 0.3) is 15.9 Å². The lowest BCUT2D eigenvalue weighted by Crippen LogP contribution is -2.43. The number of hydrogen-bond acceptors (Lipinski definition) is 5. The number of nitrogens with zero attached hydrogens (tertiary/aromatic N) is 1. The van der Waals surface area contributed by atoms with E-state index in [0.717, 1.165) is 6.07 Å². The highest BCUT2D eigenvalue weighted by molar-refractivity contribution is 7.92. The predicted octanol–water partition coefficient (Wildman–Crippen LogP) is 4.24. The second-order valence-corrected chi connectivity index (χ2v) is 10.3. The second kappa shape index (κ2) is 9.32. The number of aryl methyl sites for hydroxylation is 1. The van der Waals surface area contributed by atoms with Crippen LogP contribution >= 0.6 is 11.3 Å². The van der Waals surface area contributed by atoms with Crippen LogP contribution in [0.25, 0.3) is 0 Å². The van der Waals surface area contributed by atoms with Crippen molar-refractivity contribution in [3.63, 3.8) is 0 Å². The van der Waals surface area contributed by atoms with E-state index in [9.17, 15) is 22.4 Å². The molecule has 0 saturated carbocycles. The topological polar surface area (TPSA) is 95.6 Å². The number of carbonyl (C=O) groups excluding carboxylic acids is 2. The van der Waals surface area contributed by atoms with Gasteiger partial charge in [-0.05, 0) is 61.0 Å². The molecule has 0 aliphatic carbocycles. The lowest BCUT2D eigenvalue weighted by atomic mass is 10.2. The molecule has 2 heterocycles. The number of thiophene rings is 1. The zero-order valence-electron chi connectivity index (χ0n) is 17.7. The van der Waals surface area contributed by atoms with Crippen LogP contribution in [0.15, 0.2) is 64.9 Å². The number of likely N-dealkylation sites (tertiary alicyclic amines) is 1. The van der Waals surface area contributed by atoms with E-state index in [2.05, 4.69) is 10.0 Å². The van der Waals surface area contributed by atoms with Gasteiger partial charge in [-0.2, -0.15) is 0 Å². The van der Waals surface area contributed by atoms with Gasteiger partial charge in [-0.1, -0.05) is 24.3 Å². The van der Waals surface area contributed by atoms with E-state index in [1.54, 1.807) is 36.1 Å². The van der Waals surface area contributed by atoms with Crippen LogP contribution in [-0.4, -0.2) is 37.7 Å². The maximum absolute atomic E-state index is 13.9. The van der Waals surface area contributed by atoms with E-state index in [4.69, 9.17) is 0 Å². The summed E-state index contributed by atoms with van der Waals surface area (Å²) in [6.45, 7) is 2.09. The van der Waals surface area contributed by atoms with Crippen LogP contribution in [-0.2, 0) is 14.8 Å². The third-order valence-electron chi connectivity index (χ3n) is 5.41. The first-order valence-electron chi connectivity index (χ1n) is 10.3. The Kier molecular flexibility index (Phi) is 6.48. The van der Waals surface area contributed by atoms with Crippen molar-refractivity contribution in [3.05, 3.63) is 76.2 Å². The summed E-state index contributed by atoms with van der Waals surface area (Å²) in [5, 5.41) is 4.54. The first kappa shape index (κ1) is 22.9. The van der Waals surface area contributed by atoms with Crippen LogP contribution in [0, 0.1) is 12.7 Å². The molecule has 0 radical (unpaired) electrons. The van der Waals surface area contributed by atoms with Crippen LogP contribution in [0.1, 0.15) is 28.1 Å². The monoisotopic (exact) mass is 487 g/mol. The number of rotatable bonds is 6. The molecule has 172 valence electrons. The minimum absolute atomic E-state index is 0.0820. The van der Waals surface area contributed by atoms with Crippen molar-refractivity contribution in [1.29, 1.82) is 0 Å². The zero-order valence-corrected chi connectivity index (χ0v) is 19.4. The van der Waals surface area contributed by atoms with Gasteiger partial charge in [0.15, 0.2) is 0 Å². The molecule has 0 bridgehead atoms. The van der Waals surface area contributed by atoms with Crippen molar-refractivity contribution in [2.75, 3.05) is 16.6 Å². The summed E-state index contributed by atoms with van der Waals surface area (Å²) >= 11 is 1.32. The Morgan fingerprint density at radius 3 is 2.64 bits per heavy atom. The van der Waals surface area contributed by atoms with Gasteiger partial charge in [-0.15, -0.1) is 11.3 Å². The highest BCUT2D eigenvalue weighted by Crippen LogP contribution is 2.26. The number of halogens is 1. The minimum Gasteiger partial charge on any atom is -0.326 e. The fourth-order valence-electron chi connectivity index (χ4n) is 3.76. The quantitative estimate of drug-likeness (QED) is 0.544.